The van der Waals surface area contributed by atoms with Gasteiger partial charge in [-0.1, -0.05) is 6.07 Å². The molecule has 0 saturated carbocycles. The highest BCUT2D eigenvalue weighted by atomic mass is 16.5. The highest BCUT2D eigenvalue weighted by molar-refractivity contribution is 5.78. The predicted molar refractivity (Wildman–Crippen MR) is 73.2 cm³/mol. The van der Waals surface area contributed by atoms with E-state index in [1.807, 2.05) is 22.9 Å². The van der Waals surface area contributed by atoms with Crippen LogP contribution < -0.4 is 10.1 Å². The maximum Gasteiger partial charge on any atom is 0.220 e. The van der Waals surface area contributed by atoms with Crippen LogP contribution in [0.4, 0.5) is 0 Å². The molecule has 2 aromatic rings. The van der Waals surface area contributed by atoms with E-state index in [1.165, 1.54) is 0 Å². The number of pyridine rings is 1. The number of methoxy groups -OCH3 is 1. The lowest BCUT2D eigenvalue weighted by molar-refractivity contribution is -0.119. The monoisotopic (exact) mass is 272 g/mol. The number of carbonyl (C=O) groups is 1. The van der Waals surface area contributed by atoms with Crippen LogP contribution in [0.25, 0.3) is 11.5 Å². The van der Waals surface area contributed by atoms with E-state index in [9.17, 15) is 4.79 Å². The van der Waals surface area contributed by atoms with E-state index in [0.29, 0.717) is 18.8 Å². The van der Waals surface area contributed by atoms with Crippen LogP contribution in [0.1, 0.15) is 12.8 Å². The van der Waals surface area contributed by atoms with Gasteiger partial charge in [-0.25, -0.2) is 9.97 Å². The van der Waals surface area contributed by atoms with Crippen molar-refractivity contribution >= 4 is 5.91 Å². The van der Waals surface area contributed by atoms with Crippen molar-refractivity contribution in [2.45, 2.75) is 25.4 Å². The molecule has 1 aliphatic rings. The first-order valence-electron chi connectivity index (χ1n) is 6.58. The molecule has 1 fully saturated rings. The highest BCUT2D eigenvalue weighted by Gasteiger charge is 2.22. The number of nitrogens with zero attached hydrogens (tertiary/aromatic N) is 3. The summed E-state index contributed by atoms with van der Waals surface area (Å²) in [7, 11) is 1.59. The summed E-state index contributed by atoms with van der Waals surface area (Å²) in [4.78, 5) is 20.0. The molecule has 6 heteroatoms. The fourth-order valence-corrected chi connectivity index (χ4v) is 2.39. The van der Waals surface area contributed by atoms with Crippen molar-refractivity contribution in [1.29, 1.82) is 0 Å². The standard InChI is InChI=1S/C14H16N4O2/c1-20-13-4-2-3-11(17-13)14-15-7-8-18(14)9-10-5-6-12(19)16-10/h2-4,7-8,10H,5-6,9H2,1H3,(H,16,19). The second-order valence-electron chi connectivity index (χ2n) is 4.77. The van der Waals surface area contributed by atoms with Crippen molar-refractivity contribution in [2.24, 2.45) is 0 Å². The average Bonchev–Trinajstić information content (AvgIpc) is 3.08. The first-order chi connectivity index (χ1) is 9.76. The summed E-state index contributed by atoms with van der Waals surface area (Å²) in [5.41, 5.74) is 0.763. The number of hydrogen-bond donors (Lipinski definition) is 1. The van der Waals surface area contributed by atoms with Gasteiger partial charge in [0.1, 0.15) is 5.69 Å². The number of imidazole rings is 1. The SMILES string of the molecule is COc1cccc(-c2nccn2CC2CCC(=O)N2)n1. The lowest BCUT2D eigenvalue weighted by Gasteiger charge is -2.13. The average molecular weight is 272 g/mol. The van der Waals surface area contributed by atoms with Gasteiger partial charge >= 0.3 is 0 Å². The number of hydrogen-bond acceptors (Lipinski definition) is 4. The van der Waals surface area contributed by atoms with Crippen molar-refractivity contribution in [2.75, 3.05) is 7.11 Å². The summed E-state index contributed by atoms with van der Waals surface area (Å²) in [6.07, 6.45) is 5.11. The van der Waals surface area contributed by atoms with Crippen LogP contribution in [0.3, 0.4) is 0 Å². The molecule has 1 amide bonds. The van der Waals surface area contributed by atoms with Crippen molar-refractivity contribution in [3.8, 4) is 17.4 Å². The van der Waals surface area contributed by atoms with Gasteiger partial charge in [-0.3, -0.25) is 4.79 Å². The second-order valence-corrected chi connectivity index (χ2v) is 4.77. The molecule has 0 aromatic carbocycles. The molecule has 0 bridgehead atoms. The van der Waals surface area contributed by atoms with Crippen molar-refractivity contribution in [1.82, 2.24) is 19.9 Å². The van der Waals surface area contributed by atoms with E-state index in [-0.39, 0.29) is 11.9 Å². The zero-order valence-electron chi connectivity index (χ0n) is 11.2. The fourth-order valence-electron chi connectivity index (χ4n) is 2.39. The number of ether oxygens (including phenoxy) is 1. The Bertz CT molecular complexity index is 623. The van der Waals surface area contributed by atoms with Crippen LogP contribution in [0.2, 0.25) is 0 Å². The lowest BCUT2D eigenvalue weighted by Crippen LogP contribution is -2.29. The van der Waals surface area contributed by atoms with Gasteiger partial charge in [0.25, 0.3) is 0 Å². The lowest BCUT2D eigenvalue weighted by atomic mass is 10.2. The van der Waals surface area contributed by atoms with Crippen molar-refractivity contribution in [3.63, 3.8) is 0 Å². The third-order valence-electron chi connectivity index (χ3n) is 3.38. The third kappa shape index (κ3) is 2.49. The molecular weight excluding hydrogens is 256 g/mol. The summed E-state index contributed by atoms with van der Waals surface area (Å²) >= 11 is 0. The molecule has 1 N–H and O–H groups in total. The zero-order valence-corrected chi connectivity index (χ0v) is 11.2. The van der Waals surface area contributed by atoms with Crippen LogP contribution in [0.5, 0.6) is 5.88 Å². The van der Waals surface area contributed by atoms with E-state index >= 15 is 0 Å². The van der Waals surface area contributed by atoms with Crippen LogP contribution in [0, 0.1) is 0 Å². The van der Waals surface area contributed by atoms with Gasteiger partial charge < -0.3 is 14.6 Å². The summed E-state index contributed by atoms with van der Waals surface area (Å²) in [5.74, 6) is 1.47. The minimum atomic E-state index is 0.121. The summed E-state index contributed by atoms with van der Waals surface area (Å²) < 4.78 is 7.15. The molecule has 3 rings (SSSR count). The van der Waals surface area contributed by atoms with E-state index in [1.54, 1.807) is 19.4 Å². The molecule has 0 spiro atoms. The highest BCUT2D eigenvalue weighted by Crippen LogP contribution is 2.19. The van der Waals surface area contributed by atoms with Crippen LogP contribution in [-0.4, -0.2) is 33.6 Å². The zero-order chi connectivity index (χ0) is 13.9. The maximum absolute atomic E-state index is 11.3. The number of nitrogens with one attached hydrogen (secondary N) is 1. The van der Waals surface area contributed by atoms with Gasteiger partial charge in [0.2, 0.25) is 11.8 Å². The largest absolute Gasteiger partial charge is 0.481 e. The van der Waals surface area contributed by atoms with E-state index in [0.717, 1.165) is 17.9 Å². The number of aromatic nitrogens is 3. The molecule has 1 atom stereocenters. The Kier molecular flexibility index (Phi) is 3.37. The first kappa shape index (κ1) is 12.7. The molecule has 1 saturated heterocycles. The quantitative estimate of drug-likeness (QED) is 0.909. The Hall–Kier alpha value is -2.37. The van der Waals surface area contributed by atoms with Gasteiger partial charge in [-0.15, -0.1) is 0 Å². The Labute approximate surface area is 116 Å². The molecule has 104 valence electrons. The Balaban J connectivity index is 1.84. The normalized spacial score (nSPS) is 18.1. The maximum atomic E-state index is 11.3. The van der Waals surface area contributed by atoms with E-state index in [4.69, 9.17) is 4.74 Å². The third-order valence-corrected chi connectivity index (χ3v) is 3.38. The molecular formula is C14H16N4O2. The molecule has 3 heterocycles. The smallest absolute Gasteiger partial charge is 0.220 e. The van der Waals surface area contributed by atoms with Gasteiger partial charge in [-0.2, -0.15) is 0 Å². The van der Waals surface area contributed by atoms with E-state index in [2.05, 4.69) is 15.3 Å². The van der Waals surface area contributed by atoms with Crippen LogP contribution in [0.15, 0.2) is 30.6 Å². The van der Waals surface area contributed by atoms with E-state index < -0.39 is 0 Å². The van der Waals surface area contributed by atoms with Crippen LogP contribution >= 0.6 is 0 Å². The van der Waals surface area contributed by atoms with Gasteiger partial charge in [0.05, 0.1) is 7.11 Å². The predicted octanol–water partition coefficient (Wildman–Crippen LogP) is 1.23. The molecule has 6 nitrogen and oxygen atoms in total. The molecule has 0 aliphatic carbocycles. The molecule has 2 aromatic heterocycles. The van der Waals surface area contributed by atoms with Gasteiger partial charge in [-0.05, 0) is 12.5 Å². The topological polar surface area (TPSA) is 69.0 Å². The molecule has 0 radical (unpaired) electrons. The number of rotatable bonds is 4. The Morgan fingerprint density at radius 3 is 3.15 bits per heavy atom. The summed E-state index contributed by atoms with van der Waals surface area (Å²) in [5, 5.41) is 2.96. The molecule has 1 aliphatic heterocycles. The van der Waals surface area contributed by atoms with Crippen molar-refractivity contribution in [3.05, 3.63) is 30.6 Å². The van der Waals surface area contributed by atoms with Gasteiger partial charge in [0.15, 0.2) is 5.82 Å². The van der Waals surface area contributed by atoms with Gasteiger partial charge in [0, 0.05) is 37.5 Å². The minimum Gasteiger partial charge on any atom is -0.481 e. The number of carbonyl (C=O) groups excluding carboxylic acids is 1. The minimum absolute atomic E-state index is 0.121. The van der Waals surface area contributed by atoms with Crippen molar-refractivity contribution < 1.29 is 9.53 Å². The van der Waals surface area contributed by atoms with Crippen LogP contribution in [-0.2, 0) is 11.3 Å². The summed E-state index contributed by atoms with van der Waals surface area (Å²) in [6.45, 7) is 0.708. The number of amides is 1. The Morgan fingerprint density at radius 1 is 1.50 bits per heavy atom. The first-order valence-corrected chi connectivity index (χ1v) is 6.58. The molecule has 20 heavy (non-hydrogen) atoms. The summed E-state index contributed by atoms with van der Waals surface area (Å²) in [6, 6.07) is 5.75. The fraction of sp³-hybridized carbons (Fsp3) is 0.357. The Morgan fingerprint density at radius 2 is 2.40 bits per heavy atom. The molecule has 1 unspecified atom stereocenters. The second kappa shape index (κ2) is 5.32.